The average Bonchev–Trinajstić information content (AvgIpc) is 2.36. The molecule has 118 valence electrons. The number of halogens is 1. The Hall–Kier alpha value is -1.07. The normalized spacial score (nSPS) is 11.7. The van der Waals surface area contributed by atoms with Crippen molar-refractivity contribution in [3.63, 3.8) is 0 Å². The lowest BCUT2D eigenvalue weighted by Gasteiger charge is -2.16. The highest BCUT2D eigenvalue weighted by atomic mass is 35.7. The van der Waals surface area contributed by atoms with E-state index in [1.165, 1.54) is 12.1 Å². The number of aryl methyl sites for hydroxylation is 2. The van der Waals surface area contributed by atoms with E-state index in [9.17, 15) is 13.2 Å². The van der Waals surface area contributed by atoms with Gasteiger partial charge in [0.1, 0.15) is 0 Å². The maximum atomic E-state index is 12.0. The number of anilines is 1. The summed E-state index contributed by atoms with van der Waals surface area (Å²) in [5.74, 6) is 0.207. The fourth-order valence-electron chi connectivity index (χ4n) is 2.16. The van der Waals surface area contributed by atoms with Gasteiger partial charge in [0.05, 0.1) is 4.90 Å². The van der Waals surface area contributed by atoms with Crippen LogP contribution in [0.15, 0.2) is 17.0 Å². The fourth-order valence-corrected chi connectivity index (χ4v) is 2.99. The summed E-state index contributed by atoms with van der Waals surface area (Å²) in [6.07, 6.45) is 1.66. The molecule has 0 aliphatic heterocycles. The van der Waals surface area contributed by atoms with Gasteiger partial charge >= 0.3 is 0 Å². The first-order valence-electron chi connectivity index (χ1n) is 7.09. The monoisotopic (exact) mass is 331 g/mol. The van der Waals surface area contributed by atoms with Crippen LogP contribution in [0.1, 0.15) is 45.2 Å². The average molecular weight is 332 g/mol. The van der Waals surface area contributed by atoms with E-state index in [-0.39, 0.29) is 16.7 Å². The summed E-state index contributed by atoms with van der Waals surface area (Å²) < 4.78 is 23.1. The van der Waals surface area contributed by atoms with Gasteiger partial charge in [-0.15, -0.1) is 0 Å². The van der Waals surface area contributed by atoms with Gasteiger partial charge in [0.2, 0.25) is 5.91 Å². The highest BCUT2D eigenvalue weighted by Gasteiger charge is 2.17. The van der Waals surface area contributed by atoms with Crippen LogP contribution in [0.3, 0.4) is 0 Å². The molecule has 0 atom stereocenters. The molecule has 0 saturated carbocycles. The van der Waals surface area contributed by atoms with Crippen molar-refractivity contribution < 1.29 is 13.2 Å². The third-order valence-electron chi connectivity index (χ3n) is 3.18. The maximum absolute atomic E-state index is 12.0. The van der Waals surface area contributed by atoms with Gasteiger partial charge in [0, 0.05) is 22.8 Å². The SMILES string of the molecule is CCc1cc(S(=O)(=O)Cl)cc(CC)c1NC(=O)CC(C)C. The molecule has 4 nitrogen and oxygen atoms in total. The molecule has 0 saturated heterocycles. The van der Waals surface area contributed by atoms with Crippen molar-refractivity contribution in [3.8, 4) is 0 Å². The van der Waals surface area contributed by atoms with Crippen LogP contribution in [0.4, 0.5) is 5.69 Å². The number of carbonyl (C=O) groups is 1. The van der Waals surface area contributed by atoms with E-state index in [0.29, 0.717) is 19.3 Å². The minimum absolute atomic E-state index is 0.0594. The largest absolute Gasteiger partial charge is 0.326 e. The van der Waals surface area contributed by atoms with Crippen LogP contribution in [0, 0.1) is 5.92 Å². The Balaban J connectivity index is 3.28. The summed E-state index contributed by atoms with van der Waals surface area (Å²) in [6.45, 7) is 7.78. The van der Waals surface area contributed by atoms with Gasteiger partial charge in [-0.05, 0) is 42.0 Å². The second-order valence-electron chi connectivity index (χ2n) is 5.41. The lowest BCUT2D eigenvalue weighted by molar-refractivity contribution is -0.116. The van der Waals surface area contributed by atoms with Crippen LogP contribution in [-0.2, 0) is 26.7 Å². The van der Waals surface area contributed by atoms with E-state index in [0.717, 1.165) is 16.8 Å². The van der Waals surface area contributed by atoms with Crippen LogP contribution >= 0.6 is 10.7 Å². The van der Waals surface area contributed by atoms with Crippen molar-refractivity contribution >= 4 is 31.3 Å². The summed E-state index contributed by atoms with van der Waals surface area (Å²) in [5.41, 5.74) is 2.28. The number of hydrogen-bond donors (Lipinski definition) is 1. The van der Waals surface area contributed by atoms with E-state index >= 15 is 0 Å². The van der Waals surface area contributed by atoms with E-state index < -0.39 is 9.05 Å². The number of rotatable bonds is 6. The van der Waals surface area contributed by atoms with Crippen molar-refractivity contribution in [2.24, 2.45) is 5.92 Å². The van der Waals surface area contributed by atoms with Gasteiger partial charge < -0.3 is 5.32 Å². The first-order valence-corrected chi connectivity index (χ1v) is 9.40. The molecule has 0 heterocycles. The first-order chi connectivity index (χ1) is 9.68. The van der Waals surface area contributed by atoms with Crippen LogP contribution < -0.4 is 5.32 Å². The predicted molar refractivity (Wildman–Crippen MR) is 86.3 cm³/mol. The molecule has 21 heavy (non-hydrogen) atoms. The Bertz CT molecular complexity index is 599. The number of carbonyl (C=O) groups excluding carboxylic acids is 1. The predicted octanol–water partition coefficient (Wildman–Crippen LogP) is 3.72. The summed E-state index contributed by atoms with van der Waals surface area (Å²) in [5, 5.41) is 2.91. The van der Waals surface area contributed by atoms with Crippen LogP contribution in [-0.4, -0.2) is 14.3 Å². The Morgan fingerprint density at radius 1 is 1.19 bits per heavy atom. The summed E-state index contributed by atoms with van der Waals surface area (Å²) in [6, 6.07) is 3.07. The van der Waals surface area contributed by atoms with Gasteiger partial charge in [-0.2, -0.15) is 0 Å². The number of hydrogen-bond acceptors (Lipinski definition) is 3. The van der Waals surface area contributed by atoms with Crippen LogP contribution in [0.5, 0.6) is 0 Å². The van der Waals surface area contributed by atoms with Crippen molar-refractivity contribution in [2.45, 2.75) is 51.9 Å². The van der Waals surface area contributed by atoms with Gasteiger partial charge in [-0.1, -0.05) is 27.7 Å². The smallest absolute Gasteiger partial charge is 0.261 e. The molecule has 1 N–H and O–H groups in total. The summed E-state index contributed by atoms with van der Waals surface area (Å²) in [4.78, 5) is 12.1. The molecular formula is C15H22ClNO3S. The van der Waals surface area contributed by atoms with Crippen molar-refractivity contribution in [1.82, 2.24) is 0 Å². The molecule has 0 bridgehead atoms. The number of nitrogens with one attached hydrogen (secondary N) is 1. The zero-order valence-electron chi connectivity index (χ0n) is 12.9. The van der Waals surface area contributed by atoms with Crippen LogP contribution in [0.25, 0.3) is 0 Å². The molecule has 0 aromatic heterocycles. The number of benzene rings is 1. The van der Waals surface area contributed by atoms with Crippen molar-refractivity contribution in [3.05, 3.63) is 23.3 Å². The zero-order chi connectivity index (χ0) is 16.2. The highest BCUT2D eigenvalue weighted by molar-refractivity contribution is 8.13. The summed E-state index contributed by atoms with van der Waals surface area (Å²) >= 11 is 0. The minimum atomic E-state index is -3.77. The van der Waals surface area contributed by atoms with E-state index in [4.69, 9.17) is 10.7 Å². The lowest BCUT2D eigenvalue weighted by Crippen LogP contribution is -2.17. The second-order valence-corrected chi connectivity index (χ2v) is 7.97. The maximum Gasteiger partial charge on any atom is 0.261 e. The lowest BCUT2D eigenvalue weighted by atomic mass is 10.0. The molecule has 0 unspecified atom stereocenters. The third-order valence-corrected chi connectivity index (χ3v) is 4.51. The zero-order valence-corrected chi connectivity index (χ0v) is 14.4. The molecule has 6 heteroatoms. The molecule has 1 amide bonds. The fraction of sp³-hybridized carbons (Fsp3) is 0.533. The van der Waals surface area contributed by atoms with Crippen molar-refractivity contribution in [1.29, 1.82) is 0 Å². The van der Waals surface area contributed by atoms with Crippen molar-refractivity contribution in [2.75, 3.05) is 5.32 Å². The van der Waals surface area contributed by atoms with Gasteiger partial charge in [0.15, 0.2) is 0 Å². The molecule has 0 spiro atoms. The molecule has 1 aromatic rings. The Labute approximate surface area is 131 Å². The molecule has 0 aliphatic rings. The first kappa shape index (κ1) is 18.0. The molecule has 0 fully saturated rings. The standard InChI is InChI=1S/C15H22ClNO3S/c1-5-11-8-13(21(16,19)20)9-12(6-2)15(11)17-14(18)7-10(3)4/h8-10H,5-7H2,1-4H3,(H,17,18). The van der Waals surface area contributed by atoms with E-state index in [2.05, 4.69) is 5.32 Å². The minimum Gasteiger partial charge on any atom is -0.326 e. The van der Waals surface area contributed by atoms with Gasteiger partial charge in [0.25, 0.3) is 9.05 Å². The summed E-state index contributed by atoms with van der Waals surface area (Å²) in [7, 11) is 1.66. The highest BCUT2D eigenvalue weighted by Crippen LogP contribution is 2.29. The molecule has 0 aliphatic carbocycles. The van der Waals surface area contributed by atoms with Crippen LogP contribution in [0.2, 0.25) is 0 Å². The Morgan fingerprint density at radius 3 is 2.00 bits per heavy atom. The topological polar surface area (TPSA) is 63.2 Å². The molecule has 1 rings (SSSR count). The third kappa shape index (κ3) is 5.00. The molecular weight excluding hydrogens is 310 g/mol. The Kier molecular flexibility index (Phi) is 6.23. The molecule has 0 radical (unpaired) electrons. The van der Waals surface area contributed by atoms with E-state index in [1.54, 1.807) is 0 Å². The quantitative estimate of drug-likeness (QED) is 0.808. The molecule has 1 aromatic carbocycles. The van der Waals surface area contributed by atoms with E-state index in [1.807, 2.05) is 27.7 Å². The van der Waals surface area contributed by atoms with Gasteiger partial charge in [-0.3, -0.25) is 4.79 Å². The number of amides is 1. The Morgan fingerprint density at radius 2 is 1.67 bits per heavy atom. The second kappa shape index (κ2) is 7.27. The van der Waals surface area contributed by atoms with Gasteiger partial charge in [-0.25, -0.2) is 8.42 Å².